The Morgan fingerprint density at radius 1 is 0.920 bits per heavy atom. The van der Waals surface area contributed by atoms with E-state index in [1.807, 2.05) is 4.90 Å². The molecule has 3 N–H and O–H groups in total. The summed E-state index contributed by atoms with van der Waals surface area (Å²) < 4.78 is 0. The largest absolute Gasteiger partial charge is 0.352 e. The third-order valence-corrected chi connectivity index (χ3v) is 6.22. The average molecular weight is 351 g/mol. The first kappa shape index (κ1) is 18.6. The maximum Gasteiger partial charge on any atom is 0.234 e. The van der Waals surface area contributed by atoms with Crippen molar-refractivity contribution in [1.82, 2.24) is 15.1 Å². The number of hydrogen-bond donors (Lipinski definition) is 2. The fourth-order valence-corrected chi connectivity index (χ4v) is 4.55. The molecule has 2 amide bonds. The standard InChI is InChI=1S/C19H34N4O2/c20-17-8-4-5-15(17)13-19(25)23-11-9-22(10-12-23)14-18(24)21-16-6-2-1-3-7-16/h15-17H,1-14,20H2,(H,21,24)/t15-,17+/m0/s1. The van der Waals surface area contributed by atoms with E-state index in [1.54, 1.807) is 0 Å². The van der Waals surface area contributed by atoms with Gasteiger partial charge in [-0.1, -0.05) is 25.7 Å². The zero-order valence-electron chi connectivity index (χ0n) is 15.4. The lowest BCUT2D eigenvalue weighted by Gasteiger charge is -2.35. The van der Waals surface area contributed by atoms with Crippen LogP contribution in [0.3, 0.4) is 0 Å². The van der Waals surface area contributed by atoms with Crippen LogP contribution in [0.4, 0.5) is 0 Å². The Kier molecular flexibility index (Phi) is 6.70. The van der Waals surface area contributed by atoms with Gasteiger partial charge in [0.15, 0.2) is 0 Å². The first-order chi connectivity index (χ1) is 12.1. The summed E-state index contributed by atoms with van der Waals surface area (Å²) in [7, 11) is 0. The predicted octanol–water partition coefficient (Wildman–Crippen LogP) is 1.10. The van der Waals surface area contributed by atoms with Gasteiger partial charge in [-0.3, -0.25) is 14.5 Å². The molecule has 6 heteroatoms. The Balaban J connectivity index is 1.35. The summed E-state index contributed by atoms with van der Waals surface area (Å²) in [6.45, 7) is 3.52. The van der Waals surface area contributed by atoms with Crippen LogP contribution in [0.1, 0.15) is 57.8 Å². The number of amides is 2. The number of nitrogens with zero attached hydrogens (tertiary/aromatic N) is 2. The van der Waals surface area contributed by atoms with Crippen LogP contribution in [0.15, 0.2) is 0 Å². The molecule has 142 valence electrons. The molecule has 2 aliphatic carbocycles. The van der Waals surface area contributed by atoms with E-state index in [9.17, 15) is 9.59 Å². The van der Waals surface area contributed by atoms with Crippen molar-refractivity contribution in [3.05, 3.63) is 0 Å². The molecule has 3 aliphatic rings. The van der Waals surface area contributed by atoms with Gasteiger partial charge in [0.2, 0.25) is 11.8 Å². The van der Waals surface area contributed by atoms with Crippen LogP contribution in [-0.2, 0) is 9.59 Å². The highest BCUT2D eigenvalue weighted by atomic mass is 16.2. The van der Waals surface area contributed by atoms with Crippen LogP contribution in [0.25, 0.3) is 0 Å². The fraction of sp³-hybridized carbons (Fsp3) is 0.895. The van der Waals surface area contributed by atoms with Crippen LogP contribution in [0, 0.1) is 5.92 Å². The minimum Gasteiger partial charge on any atom is -0.352 e. The number of piperazine rings is 1. The molecule has 25 heavy (non-hydrogen) atoms. The molecule has 0 bridgehead atoms. The predicted molar refractivity (Wildman–Crippen MR) is 98.0 cm³/mol. The molecule has 0 aromatic heterocycles. The first-order valence-corrected chi connectivity index (χ1v) is 10.2. The van der Waals surface area contributed by atoms with Gasteiger partial charge >= 0.3 is 0 Å². The average Bonchev–Trinajstić information content (AvgIpc) is 3.01. The van der Waals surface area contributed by atoms with Crippen LogP contribution in [0.2, 0.25) is 0 Å². The summed E-state index contributed by atoms with van der Waals surface area (Å²) in [5.41, 5.74) is 6.09. The highest BCUT2D eigenvalue weighted by Crippen LogP contribution is 2.27. The van der Waals surface area contributed by atoms with Crippen LogP contribution in [0.5, 0.6) is 0 Å². The lowest BCUT2D eigenvalue weighted by Crippen LogP contribution is -2.52. The molecule has 0 unspecified atom stereocenters. The molecule has 1 saturated heterocycles. The number of hydrogen-bond acceptors (Lipinski definition) is 4. The van der Waals surface area contributed by atoms with E-state index in [0.717, 1.165) is 58.3 Å². The molecular formula is C19H34N4O2. The van der Waals surface area contributed by atoms with E-state index < -0.39 is 0 Å². The van der Waals surface area contributed by atoms with Crippen molar-refractivity contribution in [3.8, 4) is 0 Å². The quantitative estimate of drug-likeness (QED) is 0.778. The minimum atomic E-state index is 0.142. The van der Waals surface area contributed by atoms with Gasteiger partial charge < -0.3 is 16.0 Å². The summed E-state index contributed by atoms with van der Waals surface area (Å²) in [5, 5.41) is 3.18. The van der Waals surface area contributed by atoms with Gasteiger partial charge in [0.25, 0.3) is 0 Å². The molecule has 2 saturated carbocycles. The van der Waals surface area contributed by atoms with Crippen LogP contribution in [-0.4, -0.2) is 66.4 Å². The maximum absolute atomic E-state index is 12.5. The van der Waals surface area contributed by atoms with Gasteiger partial charge in [-0.15, -0.1) is 0 Å². The van der Waals surface area contributed by atoms with Crippen LogP contribution >= 0.6 is 0 Å². The molecular weight excluding hydrogens is 316 g/mol. The van der Waals surface area contributed by atoms with E-state index in [1.165, 1.54) is 19.3 Å². The normalized spacial score (nSPS) is 28.9. The highest BCUT2D eigenvalue weighted by Gasteiger charge is 2.29. The van der Waals surface area contributed by atoms with Crippen molar-refractivity contribution < 1.29 is 9.59 Å². The Bertz CT molecular complexity index is 456. The lowest BCUT2D eigenvalue weighted by molar-refractivity contribution is -0.134. The second kappa shape index (κ2) is 8.99. The Morgan fingerprint density at radius 2 is 1.64 bits per heavy atom. The second-order valence-electron chi connectivity index (χ2n) is 8.12. The fourth-order valence-electron chi connectivity index (χ4n) is 4.55. The summed E-state index contributed by atoms with van der Waals surface area (Å²) in [6.07, 6.45) is 9.91. The molecule has 0 aromatic rings. The molecule has 1 heterocycles. The molecule has 0 radical (unpaired) electrons. The Morgan fingerprint density at radius 3 is 2.28 bits per heavy atom. The van der Waals surface area contributed by atoms with Gasteiger partial charge in [-0.05, 0) is 31.6 Å². The van der Waals surface area contributed by atoms with E-state index >= 15 is 0 Å². The summed E-state index contributed by atoms with van der Waals surface area (Å²) >= 11 is 0. The van der Waals surface area contributed by atoms with Crippen molar-refractivity contribution in [1.29, 1.82) is 0 Å². The SMILES string of the molecule is N[C@@H]1CCC[C@H]1CC(=O)N1CCN(CC(=O)NC2CCCCC2)CC1. The number of rotatable bonds is 5. The maximum atomic E-state index is 12.5. The molecule has 6 nitrogen and oxygen atoms in total. The van der Waals surface area contributed by atoms with E-state index in [-0.39, 0.29) is 17.9 Å². The first-order valence-electron chi connectivity index (χ1n) is 10.2. The third-order valence-electron chi connectivity index (χ3n) is 6.22. The molecule has 3 rings (SSSR count). The topological polar surface area (TPSA) is 78.7 Å². The molecule has 3 fully saturated rings. The molecule has 1 aliphatic heterocycles. The summed E-state index contributed by atoms with van der Waals surface area (Å²) in [5.74, 6) is 0.754. The zero-order valence-corrected chi connectivity index (χ0v) is 15.4. The van der Waals surface area contributed by atoms with E-state index in [2.05, 4.69) is 10.2 Å². The van der Waals surface area contributed by atoms with Crippen LogP contribution < -0.4 is 11.1 Å². The lowest BCUT2D eigenvalue weighted by atomic mass is 9.95. The van der Waals surface area contributed by atoms with Crippen molar-refractivity contribution in [2.24, 2.45) is 11.7 Å². The zero-order chi connectivity index (χ0) is 17.6. The van der Waals surface area contributed by atoms with Gasteiger partial charge in [-0.25, -0.2) is 0 Å². The summed E-state index contributed by atoms with van der Waals surface area (Å²) in [4.78, 5) is 28.8. The minimum absolute atomic E-state index is 0.142. The molecule has 0 spiro atoms. The van der Waals surface area contributed by atoms with E-state index in [4.69, 9.17) is 5.73 Å². The van der Waals surface area contributed by atoms with Crippen molar-refractivity contribution in [3.63, 3.8) is 0 Å². The second-order valence-corrected chi connectivity index (χ2v) is 8.12. The van der Waals surface area contributed by atoms with Gasteiger partial charge in [0.1, 0.15) is 0 Å². The van der Waals surface area contributed by atoms with Crippen molar-refractivity contribution in [2.75, 3.05) is 32.7 Å². The smallest absolute Gasteiger partial charge is 0.234 e. The number of carbonyl (C=O) groups excluding carboxylic acids is 2. The monoisotopic (exact) mass is 350 g/mol. The van der Waals surface area contributed by atoms with Crippen molar-refractivity contribution >= 4 is 11.8 Å². The Hall–Kier alpha value is -1.14. The van der Waals surface area contributed by atoms with E-state index in [0.29, 0.717) is 24.9 Å². The number of nitrogens with one attached hydrogen (secondary N) is 1. The molecule has 0 aromatic carbocycles. The van der Waals surface area contributed by atoms with Gasteiger partial charge in [0.05, 0.1) is 6.54 Å². The van der Waals surface area contributed by atoms with Crippen molar-refractivity contribution in [2.45, 2.75) is 69.9 Å². The molecule has 2 atom stereocenters. The number of carbonyl (C=O) groups is 2. The Labute approximate surface area is 151 Å². The van der Waals surface area contributed by atoms with Gasteiger partial charge in [0, 0.05) is 44.7 Å². The van der Waals surface area contributed by atoms with Gasteiger partial charge in [-0.2, -0.15) is 0 Å². The third kappa shape index (κ3) is 5.42. The highest BCUT2D eigenvalue weighted by molar-refractivity contribution is 5.78. The number of nitrogens with two attached hydrogens (primary N) is 1. The summed E-state index contributed by atoms with van der Waals surface area (Å²) in [6, 6.07) is 0.577.